The number of amides is 1. The van der Waals surface area contributed by atoms with Crippen molar-refractivity contribution >= 4 is 11.6 Å². The molecule has 2 aromatic rings. The molecule has 2 rings (SSSR count). The number of alkyl halides is 2. The topological polar surface area (TPSA) is 72.2 Å². The molecule has 138 valence electrons. The van der Waals surface area contributed by atoms with Crippen LogP contribution in [0.5, 0.6) is 0 Å². The Morgan fingerprint density at radius 1 is 1.15 bits per heavy atom. The number of hydrogen-bond donors (Lipinski definition) is 1. The lowest BCUT2D eigenvalue weighted by molar-refractivity contribution is -0.384. The molecule has 0 radical (unpaired) electrons. The third-order valence-electron chi connectivity index (χ3n) is 4.53. The van der Waals surface area contributed by atoms with Crippen LogP contribution >= 0.6 is 0 Å². The van der Waals surface area contributed by atoms with E-state index in [1.54, 1.807) is 18.2 Å². The molecule has 0 fully saturated rings. The van der Waals surface area contributed by atoms with Gasteiger partial charge in [-0.2, -0.15) is 0 Å². The molecule has 2 aromatic carbocycles. The second-order valence-electron chi connectivity index (χ2n) is 6.28. The molecule has 0 saturated carbocycles. The Morgan fingerprint density at radius 3 is 2.23 bits per heavy atom. The van der Waals surface area contributed by atoms with Crippen LogP contribution in [0.3, 0.4) is 0 Å². The van der Waals surface area contributed by atoms with E-state index in [-0.39, 0.29) is 17.8 Å². The van der Waals surface area contributed by atoms with Gasteiger partial charge in [0.2, 0.25) is 5.91 Å². The summed E-state index contributed by atoms with van der Waals surface area (Å²) in [5.41, 5.74) is -1.16. The second kappa shape index (κ2) is 8.03. The van der Waals surface area contributed by atoms with Crippen molar-refractivity contribution in [2.24, 2.45) is 5.41 Å². The highest BCUT2D eigenvalue weighted by molar-refractivity contribution is 5.83. The van der Waals surface area contributed by atoms with E-state index < -0.39 is 28.6 Å². The van der Waals surface area contributed by atoms with E-state index in [4.69, 9.17) is 0 Å². The maximum Gasteiger partial charge on any atom is 0.269 e. The van der Waals surface area contributed by atoms with Crippen molar-refractivity contribution in [3.63, 3.8) is 0 Å². The Kier molecular flexibility index (Phi) is 6.02. The molecule has 0 heterocycles. The highest BCUT2D eigenvalue weighted by Gasteiger charge is 2.47. The van der Waals surface area contributed by atoms with Crippen LogP contribution in [0.4, 0.5) is 14.5 Å². The molecule has 0 bridgehead atoms. The summed E-state index contributed by atoms with van der Waals surface area (Å²) in [5.74, 6) is -0.762. The third kappa shape index (κ3) is 4.04. The zero-order valence-electron chi connectivity index (χ0n) is 14.5. The number of nitrogens with one attached hydrogen (secondary N) is 1. The van der Waals surface area contributed by atoms with Crippen LogP contribution in [0, 0.1) is 15.5 Å². The molecule has 0 saturated heterocycles. The smallest absolute Gasteiger partial charge is 0.269 e. The van der Waals surface area contributed by atoms with Crippen LogP contribution in [0.15, 0.2) is 54.6 Å². The third-order valence-corrected chi connectivity index (χ3v) is 4.53. The van der Waals surface area contributed by atoms with Crippen molar-refractivity contribution in [2.75, 3.05) is 0 Å². The fraction of sp³-hybridized carbons (Fsp3) is 0.316. The van der Waals surface area contributed by atoms with E-state index in [0.717, 1.165) is 6.92 Å². The van der Waals surface area contributed by atoms with Crippen LogP contribution in [-0.4, -0.2) is 17.0 Å². The van der Waals surface area contributed by atoms with Crippen LogP contribution in [0.2, 0.25) is 0 Å². The number of nitrogens with zero attached hydrogens (tertiary/aromatic N) is 1. The van der Waals surface area contributed by atoms with E-state index in [9.17, 15) is 23.7 Å². The number of hydrogen-bond acceptors (Lipinski definition) is 3. The lowest BCUT2D eigenvalue weighted by Crippen LogP contribution is -2.47. The first-order valence-corrected chi connectivity index (χ1v) is 8.11. The number of non-ortho nitro benzene ring substituents is 1. The zero-order chi connectivity index (χ0) is 19.3. The Bertz CT molecular complexity index is 766. The molecule has 0 unspecified atom stereocenters. The number of rotatable bonds is 7. The summed E-state index contributed by atoms with van der Waals surface area (Å²) in [6.45, 7) is 2.42. The Morgan fingerprint density at radius 2 is 1.73 bits per heavy atom. The predicted octanol–water partition coefficient (Wildman–Crippen LogP) is 4.29. The standard InChI is InChI=1S/C19H20F2N2O3/c1-13(20)19(2,17(21)15-6-4-3-5-7-15)18(24)22-12-14-8-10-16(11-9-14)23(25)26/h3-11,13,17H,12H2,1-2H3,(H,22,24)/t13-,17-,19+/m1/s1. The van der Waals surface area contributed by atoms with Gasteiger partial charge in [0.25, 0.3) is 5.69 Å². The van der Waals surface area contributed by atoms with Gasteiger partial charge < -0.3 is 5.32 Å². The maximum atomic E-state index is 15.0. The summed E-state index contributed by atoms with van der Waals surface area (Å²) >= 11 is 0. The van der Waals surface area contributed by atoms with Crippen LogP contribution < -0.4 is 5.32 Å². The monoisotopic (exact) mass is 362 g/mol. The van der Waals surface area contributed by atoms with Gasteiger partial charge in [0.15, 0.2) is 0 Å². The number of benzene rings is 2. The predicted molar refractivity (Wildman–Crippen MR) is 93.9 cm³/mol. The summed E-state index contributed by atoms with van der Waals surface area (Å²) < 4.78 is 29.2. The fourth-order valence-electron chi connectivity index (χ4n) is 2.57. The zero-order valence-corrected chi connectivity index (χ0v) is 14.5. The minimum atomic E-state index is -1.90. The molecule has 3 atom stereocenters. The Balaban J connectivity index is 2.14. The Labute approximate surface area is 150 Å². The second-order valence-corrected chi connectivity index (χ2v) is 6.28. The van der Waals surface area contributed by atoms with Crippen molar-refractivity contribution in [3.8, 4) is 0 Å². The number of carbonyl (C=O) groups excluding carboxylic acids is 1. The highest BCUT2D eigenvalue weighted by atomic mass is 19.1. The van der Waals surface area contributed by atoms with Gasteiger partial charge in [0, 0.05) is 18.7 Å². The molecule has 0 aliphatic heterocycles. The highest BCUT2D eigenvalue weighted by Crippen LogP contribution is 2.41. The minimum absolute atomic E-state index is 0.0145. The van der Waals surface area contributed by atoms with Crippen molar-refractivity contribution in [2.45, 2.75) is 32.7 Å². The SMILES string of the molecule is C[C@@H](F)[C@](C)(C(=O)NCc1ccc([N+](=O)[O-])cc1)[C@H](F)c1ccccc1. The molecule has 7 heteroatoms. The van der Waals surface area contributed by atoms with E-state index in [1.165, 1.54) is 43.3 Å². The molecule has 26 heavy (non-hydrogen) atoms. The molecule has 5 nitrogen and oxygen atoms in total. The van der Waals surface area contributed by atoms with Crippen molar-refractivity contribution in [3.05, 3.63) is 75.8 Å². The van der Waals surface area contributed by atoms with E-state index in [0.29, 0.717) is 5.56 Å². The van der Waals surface area contributed by atoms with E-state index in [2.05, 4.69) is 5.32 Å². The molecule has 0 aliphatic rings. The normalized spacial score (nSPS) is 15.5. The average Bonchev–Trinajstić information content (AvgIpc) is 2.65. The molecule has 1 amide bonds. The van der Waals surface area contributed by atoms with E-state index in [1.807, 2.05) is 0 Å². The lowest BCUT2D eigenvalue weighted by Gasteiger charge is -2.33. The first-order chi connectivity index (χ1) is 12.3. The van der Waals surface area contributed by atoms with Crippen LogP contribution in [-0.2, 0) is 11.3 Å². The van der Waals surface area contributed by atoms with Gasteiger partial charge in [-0.05, 0) is 25.0 Å². The van der Waals surface area contributed by atoms with Crippen molar-refractivity contribution < 1.29 is 18.5 Å². The summed E-state index contributed by atoms with van der Waals surface area (Å²) in [4.78, 5) is 22.7. The van der Waals surface area contributed by atoms with Gasteiger partial charge in [0.1, 0.15) is 17.8 Å². The van der Waals surface area contributed by atoms with Crippen LogP contribution in [0.1, 0.15) is 31.1 Å². The first-order valence-electron chi connectivity index (χ1n) is 8.11. The molecular formula is C19H20F2N2O3. The van der Waals surface area contributed by atoms with E-state index >= 15 is 0 Å². The first kappa shape index (κ1) is 19.5. The lowest BCUT2D eigenvalue weighted by atomic mass is 9.77. The quantitative estimate of drug-likeness (QED) is 0.590. The maximum absolute atomic E-state index is 15.0. The molecule has 0 aliphatic carbocycles. The molecule has 0 spiro atoms. The fourth-order valence-corrected chi connectivity index (χ4v) is 2.57. The summed E-state index contributed by atoms with van der Waals surface area (Å²) in [7, 11) is 0. The van der Waals surface area contributed by atoms with Crippen molar-refractivity contribution in [1.82, 2.24) is 5.32 Å². The van der Waals surface area contributed by atoms with Gasteiger partial charge in [-0.1, -0.05) is 42.5 Å². The van der Waals surface area contributed by atoms with Gasteiger partial charge in [-0.15, -0.1) is 0 Å². The molecular weight excluding hydrogens is 342 g/mol. The largest absolute Gasteiger partial charge is 0.351 e. The van der Waals surface area contributed by atoms with Gasteiger partial charge in [-0.25, -0.2) is 8.78 Å². The number of carbonyl (C=O) groups is 1. The van der Waals surface area contributed by atoms with Crippen LogP contribution in [0.25, 0.3) is 0 Å². The molecule has 0 aromatic heterocycles. The van der Waals surface area contributed by atoms with Gasteiger partial charge >= 0.3 is 0 Å². The Hall–Kier alpha value is -2.83. The average molecular weight is 362 g/mol. The summed E-state index contributed by atoms with van der Waals surface area (Å²) in [5, 5.41) is 13.2. The molecule has 1 N–H and O–H groups in total. The summed E-state index contributed by atoms with van der Waals surface area (Å²) in [6.07, 6.45) is -3.55. The van der Waals surface area contributed by atoms with Crippen molar-refractivity contribution in [1.29, 1.82) is 0 Å². The number of halogens is 2. The van der Waals surface area contributed by atoms with Gasteiger partial charge in [-0.3, -0.25) is 14.9 Å². The van der Waals surface area contributed by atoms with Gasteiger partial charge in [0.05, 0.1) is 4.92 Å². The number of nitro benzene ring substituents is 1. The summed E-state index contributed by atoms with van der Waals surface area (Å²) in [6, 6.07) is 13.6. The minimum Gasteiger partial charge on any atom is -0.351 e. The number of nitro groups is 1.